The molecule has 1 saturated heterocycles. The molecule has 0 aromatic heterocycles. The molecule has 0 aromatic rings. The topological polar surface area (TPSA) is 38.3 Å². The largest absolute Gasteiger partial charge is 0.465 e. The van der Waals surface area contributed by atoms with E-state index >= 15 is 0 Å². The Bertz CT molecular complexity index is 260. The van der Waals surface area contributed by atoms with Crippen LogP contribution in [0.1, 0.15) is 58.3 Å². The molecule has 0 spiro atoms. The fraction of sp³-hybridized carbons (Fsp3) is 0.933. The highest BCUT2D eigenvalue weighted by atomic mass is 16.5. The minimum absolute atomic E-state index is 0.0813. The average Bonchev–Trinajstić information content (AvgIpc) is 2.90. The van der Waals surface area contributed by atoms with Crippen LogP contribution in [0.2, 0.25) is 0 Å². The molecule has 3 nitrogen and oxygen atoms in total. The summed E-state index contributed by atoms with van der Waals surface area (Å²) in [4.78, 5) is 12.4. The van der Waals surface area contributed by atoms with Crippen molar-refractivity contribution < 1.29 is 9.53 Å². The van der Waals surface area contributed by atoms with Crippen LogP contribution in [-0.2, 0) is 9.53 Å². The summed E-state index contributed by atoms with van der Waals surface area (Å²) in [5.74, 6) is 0.715. The lowest BCUT2D eigenvalue weighted by Crippen LogP contribution is -2.43. The van der Waals surface area contributed by atoms with Gasteiger partial charge in [-0.3, -0.25) is 4.79 Å². The van der Waals surface area contributed by atoms with Crippen LogP contribution in [0, 0.1) is 11.3 Å². The Morgan fingerprint density at radius 1 is 1.28 bits per heavy atom. The highest BCUT2D eigenvalue weighted by molar-refractivity contribution is 5.77. The molecule has 1 aliphatic carbocycles. The number of nitrogens with one attached hydrogen (secondary N) is 1. The molecular formula is C15H27NO2. The van der Waals surface area contributed by atoms with Crippen LogP contribution in [0.3, 0.4) is 0 Å². The number of rotatable bonds is 5. The van der Waals surface area contributed by atoms with Gasteiger partial charge in [0.15, 0.2) is 0 Å². The standard InChI is InChI=1S/C15H27NO2/c1-2-7-15(8-10-16-11-9-15)14(17)18-12-13-5-3-4-6-13/h13,16H,2-12H2,1H3. The summed E-state index contributed by atoms with van der Waals surface area (Å²) >= 11 is 0. The maximum Gasteiger partial charge on any atom is 0.312 e. The van der Waals surface area contributed by atoms with Crippen molar-refractivity contribution in [2.24, 2.45) is 11.3 Å². The molecule has 3 heteroatoms. The van der Waals surface area contributed by atoms with Crippen LogP contribution in [0.4, 0.5) is 0 Å². The maximum absolute atomic E-state index is 12.4. The van der Waals surface area contributed by atoms with Gasteiger partial charge in [0.2, 0.25) is 0 Å². The molecule has 18 heavy (non-hydrogen) atoms. The van der Waals surface area contributed by atoms with E-state index in [-0.39, 0.29) is 11.4 Å². The zero-order chi connectivity index (χ0) is 12.8. The predicted octanol–water partition coefficient (Wildman–Crippen LogP) is 2.89. The molecule has 0 atom stereocenters. The van der Waals surface area contributed by atoms with E-state index in [0.717, 1.165) is 38.8 Å². The molecule has 0 amide bonds. The summed E-state index contributed by atoms with van der Waals surface area (Å²) in [7, 11) is 0. The van der Waals surface area contributed by atoms with Gasteiger partial charge in [0.1, 0.15) is 0 Å². The second-order valence-corrected chi connectivity index (χ2v) is 6.03. The lowest BCUT2D eigenvalue weighted by molar-refractivity contribution is -0.159. The molecule has 1 heterocycles. The molecule has 0 bridgehead atoms. The van der Waals surface area contributed by atoms with Gasteiger partial charge in [0.25, 0.3) is 0 Å². The Morgan fingerprint density at radius 3 is 2.56 bits per heavy atom. The first-order chi connectivity index (χ1) is 8.77. The van der Waals surface area contributed by atoms with Gasteiger partial charge < -0.3 is 10.1 Å². The smallest absolute Gasteiger partial charge is 0.312 e. The fourth-order valence-electron chi connectivity index (χ4n) is 3.46. The monoisotopic (exact) mass is 253 g/mol. The Kier molecular flexibility index (Phi) is 5.04. The van der Waals surface area contributed by atoms with E-state index in [1.807, 2.05) is 0 Å². The molecule has 2 aliphatic rings. The Morgan fingerprint density at radius 2 is 1.94 bits per heavy atom. The molecule has 2 rings (SSSR count). The molecule has 0 unspecified atom stereocenters. The number of carbonyl (C=O) groups is 1. The van der Waals surface area contributed by atoms with E-state index < -0.39 is 0 Å². The molecule has 1 aliphatic heterocycles. The molecule has 1 N–H and O–H groups in total. The first kappa shape index (κ1) is 13.9. The van der Waals surface area contributed by atoms with Crippen molar-refractivity contribution in [1.82, 2.24) is 5.32 Å². The van der Waals surface area contributed by atoms with Gasteiger partial charge >= 0.3 is 5.97 Å². The van der Waals surface area contributed by atoms with Gasteiger partial charge in [0.05, 0.1) is 12.0 Å². The third-order valence-electron chi connectivity index (χ3n) is 4.65. The van der Waals surface area contributed by atoms with Crippen molar-refractivity contribution >= 4 is 5.97 Å². The van der Waals surface area contributed by atoms with E-state index in [2.05, 4.69) is 12.2 Å². The van der Waals surface area contributed by atoms with Crippen molar-refractivity contribution in [3.05, 3.63) is 0 Å². The van der Waals surface area contributed by atoms with Gasteiger partial charge in [-0.2, -0.15) is 0 Å². The van der Waals surface area contributed by atoms with E-state index in [0.29, 0.717) is 12.5 Å². The fourth-order valence-corrected chi connectivity index (χ4v) is 3.46. The summed E-state index contributed by atoms with van der Waals surface area (Å²) in [6.45, 7) is 4.74. The second-order valence-electron chi connectivity index (χ2n) is 6.03. The molecule has 2 fully saturated rings. The van der Waals surface area contributed by atoms with Gasteiger partial charge in [-0.1, -0.05) is 26.2 Å². The quantitative estimate of drug-likeness (QED) is 0.766. The number of carbonyl (C=O) groups excluding carboxylic acids is 1. The van der Waals surface area contributed by atoms with Crippen LogP contribution >= 0.6 is 0 Å². The summed E-state index contributed by atoms with van der Waals surface area (Å²) in [5, 5.41) is 3.34. The van der Waals surface area contributed by atoms with E-state index in [1.54, 1.807) is 0 Å². The summed E-state index contributed by atoms with van der Waals surface area (Å²) in [6, 6.07) is 0. The number of esters is 1. The predicted molar refractivity (Wildman–Crippen MR) is 72.4 cm³/mol. The normalized spacial score (nSPS) is 24.1. The molecule has 0 aromatic carbocycles. The highest BCUT2D eigenvalue weighted by Crippen LogP contribution is 2.36. The molecular weight excluding hydrogens is 226 g/mol. The molecule has 1 saturated carbocycles. The van der Waals surface area contributed by atoms with Crippen LogP contribution in [0.25, 0.3) is 0 Å². The van der Waals surface area contributed by atoms with Crippen molar-refractivity contribution in [2.75, 3.05) is 19.7 Å². The van der Waals surface area contributed by atoms with Crippen LogP contribution in [0.15, 0.2) is 0 Å². The van der Waals surface area contributed by atoms with Crippen LogP contribution < -0.4 is 5.32 Å². The number of ether oxygens (including phenoxy) is 1. The third-order valence-corrected chi connectivity index (χ3v) is 4.65. The Labute approximate surface area is 111 Å². The second kappa shape index (κ2) is 6.55. The van der Waals surface area contributed by atoms with Crippen molar-refractivity contribution in [3.63, 3.8) is 0 Å². The number of piperidine rings is 1. The summed E-state index contributed by atoms with van der Waals surface area (Å²) < 4.78 is 5.65. The van der Waals surface area contributed by atoms with Crippen LogP contribution in [-0.4, -0.2) is 25.7 Å². The Hall–Kier alpha value is -0.570. The number of hydrogen-bond donors (Lipinski definition) is 1. The van der Waals surface area contributed by atoms with Crippen LogP contribution in [0.5, 0.6) is 0 Å². The molecule has 104 valence electrons. The minimum Gasteiger partial charge on any atom is -0.465 e. The average molecular weight is 253 g/mol. The zero-order valence-electron chi connectivity index (χ0n) is 11.7. The van der Waals surface area contributed by atoms with E-state index in [4.69, 9.17) is 4.74 Å². The number of hydrogen-bond acceptors (Lipinski definition) is 3. The van der Waals surface area contributed by atoms with Gasteiger partial charge in [-0.15, -0.1) is 0 Å². The lowest BCUT2D eigenvalue weighted by atomic mass is 9.75. The molecule has 0 radical (unpaired) electrons. The van der Waals surface area contributed by atoms with Gasteiger partial charge in [0, 0.05) is 0 Å². The van der Waals surface area contributed by atoms with Gasteiger partial charge in [-0.25, -0.2) is 0 Å². The Balaban J connectivity index is 1.86. The van der Waals surface area contributed by atoms with E-state index in [9.17, 15) is 4.79 Å². The summed E-state index contributed by atoms with van der Waals surface area (Å²) in [5.41, 5.74) is -0.182. The lowest BCUT2D eigenvalue weighted by Gasteiger charge is -2.35. The van der Waals surface area contributed by atoms with Crippen molar-refractivity contribution in [3.8, 4) is 0 Å². The zero-order valence-corrected chi connectivity index (χ0v) is 11.7. The third kappa shape index (κ3) is 3.25. The first-order valence-electron chi connectivity index (χ1n) is 7.65. The van der Waals surface area contributed by atoms with Crippen molar-refractivity contribution in [1.29, 1.82) is 0 Å². The first-order valence-corrected chi connectivity index (χ1v) is 7.65. The van der Waals surface area contributed by atoms with E-state index in [1.165, 1.54) is 25.7 Å². The SMILES string of the molecule is CCCC1(C(=O)OCC2CCCC2)CCNCC1. The highest BCUT2D eigenvalue weighted by Gasteiger charge is 2.40. The summed E-state index contributed by atoms with van der Waals surface area (Å²) in [6.07, 6.45) is 9.06. The minimum atomic E-state index is -0.182. The van der Waals surface area contributed by atoms with Gasteiger partial charge in [-0.05, 0) is 51.1 Å². The van der Waals surface area contributed by atoms with Crippen molar-refractivity contribution in [2.45, 2.75) is 58.3 Å². The maximum atomic E-state index is 12.4.